The summed E-state index contributed by atoms with van der Waals surface area (Å²) in [6.45, 7) is 0. The van der Waals surface area contributed by atoms with Crippen molar-refractivity contribution in [2.24, 2.45) is 7.05 Å². The van der Waals surface area contributed by atoms with Crippen LogP contribution in [0.2, 0.25) is 0 Å². The molecule has 0 atom stereocenters. The normalized spacial score (nSPS) is 10.9. The molecule has 0 unspecified atom stereocenters. The van der Waals surface area contributed by atoms with Gasteiger partial charge in [0.25, 0.3) is 0 Å². The van der Waals surface area contributed by atoms with Crippen molar-refractivity contribution in [3.63, 3.8) is 0 Å². The SMILES string of the molecule is COc1ccc(Sc2ncnc3c2c(Br)nn3C)cc1OC. The Morgan fingerprint density at radius 2 is 1.91 bits per heavy atom. The number of nitrogens with zero attached hydrogens (tertiary/aromatic N) is 4. The van der Waals surface area contributed by atoms with Crippen molar-refractivity contribution in [3.8, 4) is 11.5 Å². The van der Waals surface area contributed by atoms with Crippen LogP contribution >= 0.6 is 27.7 Å². The Balaban J connectivity index is 2.03. The van der Waals surface area contributed by atoms with Crippen LogP contribution < -0.4 is 9.47 Å². The molecule has 2 heterocycles. The predicted molar refractivity (Wildman–Crippen MR) is 87.7 cm³/mol. The molecule has 0 fully saturated rings. The standard InChI is InChI=1S/C14H13BrN4O2S/c1-19-13-11(12(15)18-19)14(17-7-16-13)22-8-4-5-9(20-2)10(6-8)21-3/h4-7H,1-3H3. The van der Waals surface area contributed by atoms with E-state index in [-0.39, 0.29) is 0 Å². The Morgan fingerprint density at radius 1 is 1.14 bits per heavy atom. The summed E-state index contributed by atoms with van der Waals surface area (Å²) >= 11 is 4.99. The highest BCUT2D eigenvalue weighted by Crippen LogP contribution is 2.38. The van der Waals surface area contributed by atoms with Crippen LogP contribution in [0, 0.1) is 0 Å². The Labute approximate surface area is 140 Å². The summed E-state index contributed by atoms with van der Waals surface area (Å²) in [4.78, 5) is 9.63. The molecule has 2 aromatic heterocycles. The maximum absolute atomic E-state index is 5.33. The van der Waals surface area contributed by atoms with Gasteiger partial charge < -0.3 is 9.47 Å². The predicted octanol–water partition coefficient (Wildman–Crippen LogP) is 3.29. The first-order chi connectivity index (χ1) is 10.6. The van der Waals surface area contributed by atoms with Crippen molar-refractivity contribution < 1.29 is 9.47 Å². The molecule has 3 aromatic rings. The fourth-order valence-electron chi connectivity index (χ4n) is 2.08. The number of aromatic nitrogens is 4. The molecule has 0 bridgehead atoms. The van der Waals surface area contributed by atoms with Gasteiger partial charge in [-0.05, 0) is 34.1 Å². The summed E-state index contributed by atoms with van der Waals surface area (Å²) in [6, 6.07) is 5.75. The first-order valence-electron chi connectivity index (χ1n) is 6.37. The van der Waals surface area contributed by atoms with Crippen LogP contribution in [0.4, 0.5) is 0 Å². The molecule has 8 heteroatoms. The van der Waals surface area contributed by atoms with Gasteiger partial charge in [0.1, 0.15) is 16.0 Å². The van der Waals surface area contributed by atoms with Crippen molar-refractivity contribution in [2.45, 2.75) is 9.92 Å². The largest absolute Gasteiger partial charge is 0.493 e. The van der Waals surface area contributed by atoms with Gasteiger partial charge in [-0.25, -0.2) is 14.6 Å². The van der Waals surface area contributed by atoms with Crippen LogP contribution in [-0.4, -0.2) is 34.0 Å². The smallest absolute Gasteiger partial charge is 0.163 e. The van der Waals surface area contributed by atoms with Gasteiger partial charge in [0, 0.05) is 11.9 Å². The lowest BCUT2D eigenvalue weighted by Gasteiger charge is -2.09. The molecule has 0 spiro atoms. The van der Waals surface area contributed by atoms with E-state index in [4.69, 9.17) is 9.47 Å². The van der Waals surface area contributed by atoms with E-state index >= 15 is 0 Å². The number of ether oxygens (including phenoxy) is 2. The second kappa shape index (κ2) is 6.13. The molecule has 0 radical (unpaired) electrons. The van der Waals surface area contributed by atoms with Crippen molar-refractivity contribution in [1.29, 1.82) is 0 Å². The second-order valence-electron chi connectivity index (χ2n) is 4.41. The van der Waals surface area contributed by atoms with Gasteiger partial charge in [0.2, 0.25) is 0 Å². The summed E-state index contributed by atoms with van der Waals surface area (Å²) < 4.78 is 13.0. The quantitative estimate of drug-likeness (QED) is 0.647. The third-order valence-corrected chi connectivity index (χ3v) is 4.66. The van der Waals surface area contributed by atoms with Crippen LogP contribution in [0.15, 0.2) is 39.1 Å². The minimum Gasteiger partial charge on any atom is -0.493 e. The molecule has 0 aliphatic heterocycles. The molecule has 0 saturated carbocycles. The van der Waals surface area contributed by atoms with Gasteiger partial charge in [0.05, 0.1) is 19.6 Å². The van der Waals surface area contributed by atoms with Gasteiger partial charge in [-0.15, -0.1) is 0 Å². The van der Waals surface area contributed by atoms with E-state index < -0.39 is 0 Å². The Morgan fingerprint density at radius 3 is 2.64 bits per heavy atom. The molecule has 3 rings (SSSR count). The van der Waals surface area contributed by atoms with Crippen LogP contribution in [-0.2, 0) is 7.05 Å². The van der Waals surface area contributed by atoms with E-state index in [1.165, 1.54) is 11.8 Å². The third kappa shape index (κ3) is 2.64. The van der Waals surface area contributed by atoms with E-state index in [0.29, 0.717) is 11.5 Å². The molecule has 114 valence electrons. The summed E-state index contributed by atoms with van der Waals surface area (Å²) in [5.41, 5.74) is 0.782. The number of hydrogen-bond acceptors (Lipinski definition) is 6. The number of hydrogen-bond donors (Lipinski definition) is 0. The maximum Gasteiger partial charge on any atom is 0.163 e. The van der Waals surface area contributed by atoms with Gasteiger partial charge in [-0.2, -0.15) is 5.10 Å². The number of aryl methyl sites for hydroxylation is 1. The fourth-order valence-corrected chi connectivity index (χ4v) is 3.73. The summed E-state index contributed by atoms with van der Waals surface area (Å²) in [6.07, 6.45) is 1.54. The topological polar surface area (TPSA) is 62.1 Å². The average molecular weight is 381 g/mol. The van der Waals surface area contributed by atoms with Crippen LogP contribution in [0.5, 0.6) is 11.5 Å². The van der Waals surface area contributed by atoms with Crippen molar-refractivity contribution in [2.75, 3.05) is 14.2 Å². The zero-order valence-corrected chi connectivity index (χ0v) is 14.6. The molecular weight excluding hydrogens is 368 g/mol. The van der Waals surface area contributed by atoms with Crippen LogP contribution in [0.25, 0.3) is 11.0 Å². The Bertz CT molecular complexity index is 837. The lowest BCUT2D eigenvalue weighted by molar-refractivity contribution is 0.354. The highest BCUT2D eigenvalue weighted by molar-refractivity contribution is 9.10. The molecule has 0 aliphatic rings. The Hall–Kier alpha value is -1.80. The first-order valence-corrected chi connectivity index (χ1v) is 7.98. The third-order valence-electron chi connectivity index (χ3n) is 3.11. The highest BCUT2D eigenvalue weighted by atomic mass is 79.9. The van der Waals surface area contributed by atoms with E-state index in [1.54, 1.807) is 25.2 Å². The van der Waals surface area contributed by atoms with E-state index in [1.807, 2.05) is 25.2 Å². The van der Waals surface area contributed by atoms with Gasteiger partial charge in [0.15, 0.2) is 17.1 Å². The Kier molecular flexibility index (Phi) is 4.21. The van der Waals surface area contributed by atoms with Crippen molar-refractivity contribution in [3.05, 3.63) is 29.1 Å². The number of rotatable bonds is 4. The molecule has 6 nitrogen and oxygen atoms in total. The summed E-state index contributed by atoms with van der Waals surface area (Å²) in [7, 11) is 5.09. The number of fused-ring (bicyclic) bond motifs is 1. The minimum atomic E-state index is 0.683. The van der Waals surface area contributed by atoms with Crippen LogP contribution in [0.1, 0.15) is 0 Å². The first kappa shape index (κ1) is 15.1. The van der Waals surface area contributed by atoms with Crippen molar-refractivity contribution in [1.82, 2.24) is 19.7 Å². The van der Waals surface area contributed by atoms with Gasteiger partial charge in [-0.1, -0.05) is 11.8 Å². The molecule has 0 N–H and O–H groups in total. The maximum atomic E-state index is 5.33. The molecule has 0 saturated heterocycles. The van der Waals surface area contributed by atoms with E-state index in [2.05, 4.69) is 31.0 Å². The summed E-state index contributed by atoms with van der Waals surface area (Å²) in [5.74, 6) is 1.38. The zero-order chi connectivity index (χ0) is 15.7. The molecule has 1 aromatic carbocycles. The molecule has 0 amide bonds. The average Bonchev–Trinajstić information content (AvgIpc) is 2.83. The zero-order valence-electron chi connectivity index (χ0n) is 12.2. The minimum absolute atomic E-state index is 0.683. The highest BCUT2D eigenvalue weighted by Gasteiger charge is 2.15. The monoisotopic (exact) mass is 380 g/mol. The molecule has 22 heavy (non-hydrogen) atoms. The number of halogens is 1. The lowest BCUT2D eigenvalue weighted by atomic mass is 10.3. The molecular formula is C14H13BrN4O2S. The fraction of sp³-hybridized carbons (Fsp3) is 0.214. The van der Waals surface area contributed by atoms with E-state index in [9.17, 15) is 0 Å². The van der Waals surface area contributed by atoms with Gasteiger partial charge in [-0.3, -0.25) is 0 Å². The van der Waals surface area contributed by atoms with Gasteiger partial charge >= 0.3 is 0 Å². The van der Waals surface area contributed by atoms with Crippen LogP contribution in [0.3, 0.4) is 0 Å². The number of methoxy groups -OCH3 is 2. The number of benzene rings is 1. The lowest BCUT2D eigenvalue weighted by Crippen LogP contribution is -1.93. The molecule has 0 aliphatic carbocycles. The second-order valence-corrected chi connectivity index (χ2v) is 6.22. The van der Waals surface area contributed by atoms with E-state index in [0.717, 1.165) is 25.6 Å². The summed E-state index contributed by atoms with van der Waals surface area (Å²) in [5, 5.41) is 6.05. The van der Waals surface area contributed by atoms with Crippen molar-refractivity contribution >= 4 is 38.7 Å².